The zero-order chi connectivity index (χ0) is 45.2. The minimum atomic E-state index is -1.67. The van der Waals surface area contributed by atoms with Crippen molar-refractivity contribution in [1.29, 1.82) is 0 Å². The van der Waals surface area contributed by atoms with Gasteiger partial charge in [0.05, 0.1) is 8.07 Å². The summed E-state index contributed by atoms with van der Waals surface area (Å²) in [4.78, 5) is 15.2. The average molecular weight is 874 g/mol. The van der Waals surface area contributed by atoms with Crippen LogP contribution in [-0.4, -0.2) is 23.0 Å². The molecule has 8 aromatic carbocycles. The van der Waals surface area contributed by atoms with E-state index in [0.717, 1.165) is 49.6 Å². The highest BCUT2D eigenvalue weighted by Crippen LogP contribution is 2.36. The minimum absolute atomic E-state index is 0.494. The van der Waals surface area contributed by atoms with E-state index < -0.39 is 8.07 Å². The Kier molecular flexibility index (Phi) is 11.9. The normalized spacial score (nSPS) is 11.9. The summed E-state index contributed by atoms with van der Waals surface area (Å²) in [6.07, 6.45) is 0. The maximum absolute atomic E-state index is 6.32. The van der Waals surface area contributed by atoms with E-state index >= 15 is 0 Å². The largest absolute Gasteiger partial charge is 0.453 e. The lowest BCUT2D eigenvalue weighted by Crippen LogP contribution is -2.49. The summed E-state index contributed by atoms with van der Waals surface area (Å²) in [7, 11) is -1.67. The van der Waals surface area contributed by atoms with E-state index in [2.05, 4.69) is 198 Å². The quantitative estimate of drug-likeness (QED) is 0.108. The Balaban J connectivity index is 0.976. The maximum atomic E-state index is 6.32. The molecule has 0 radical (unpaired) electrons. The van der Waals surface area contributed by atoms with Gasteiger partial charge in [-0.15, -0.1) is 0 Å². The second-order valence-corrected chi connectivity index (χ2v) is 23.4. The molecule has 0 saturated heterocycles. The van der Waals surface area contributed by atoms with Crippen LogP contribution in [0.3, 0.4) is 0 Å². The van der Waals surface area contributed by atoms with Gasteiger partial charge in [-0.2, -0.15) is 0 Å². The predicted molar refractivity (Wildman–Crippen MR) is 280 cm³/mol. The van der Waals surface area contributed by atoms with Crippen LogP contribution in [0, 0.1) is 11.8 Å². The summed E-state index contributed by atoms with van der Waals surface area (Å²) >= 11 is 0. The van der Waals surface area contributed by atoms with Gasteiger partial charge >= 0.3 is 0 Å². The number of hydrogen-bond donors (Lipinski definition) is 0. The molecule has 2 heterocycles. The van der Waals surface area contributed by atoms with Crippen molar-refractivity contribution in [2.24, 2.45) is 11.8 Å². The second-order valence-electron chi connectivity index (χ2n) is 18.7. The van der Waals surface area contributed by atoms with E-state index in [1.807, 2.05) is 30.3 Å². The Morgan fingerprint density at radius 1 is 0.409 bits per heavy atom. The number of rotatable bonds is 13. The highest BCUT2D eigenvalue weighted by molar-refractivity contribution is 6.92. The molecule has 324 valence electrons. The van der Waals surface area contributed by atoms with Gasteiger partial charge in [0.25, 0.3) is 0 Å². The lowest BCUT2D eigenvalue weighted by atomic mass is 9.94. The van der Waals surface area contributed by atoms with Crippen LogP contribution >= 0.6 is 0 Å². The van der Waals surface area contributed by atoms with Gasteiger partial charge in [0.15, 0.2) is 23.2 Å². The van der Waals surface area contributed by atoms with Crippen LogP contribution in [-0.2, 0) is 0 Å². The van der Waals surface area contributed by atoms with Gasteiger partial charge in [-0.3, -0.25) is 0 Å². The Bertz CT molecular complexity index is 3300. The van der Waals surface area contributed by atoms with Gasteiger partial charge in [-0.1, -0.05) is 216 Å². The molecule has 2 aromatic heterocycles. The molecular formula is C61H55N3OSi. The summed E-state index contributed by atoms with van der Waals surface area (Å²) in [5, 5.41) is 4.82. The third-order valence-electron chi connectivity index (χ3n) is 13.1. The van der Waals surface area contributed by atoms with E-state index in [0.29, 0.717) is 35.1 Å². The van der Waals surface area contributed by atoms with Crippen LogP contribution in [0.5, 0.6) is 0 Å². The number of hydrogen-bond acceptors (Lipinski definition) is 4. The molecule has 10 aromatic rings. The van der Waals surface area contributed by atoms with Gasteiger partial charge in [-0.25, -0.2) is 15.0 Å². The third kappa shape index (κ3) is 8.79. The molecule has 66 heavy (non-hydrogen) atoms. The van der Waals surface area contributed by atoms with Crippen LogP contribution in [0.25, 0.3) is 101 Å². The molecule has 0 aliphatic rings. The molecule has 0 fully saturated rings. The molecule has 0 unspecified atom stereocenters. The van der Waals surface area contributed by atoms with E-state index in [4.69, 9.17) is 19.4 Å². The molecule has 0 aliphatic carbocycles. The van der Waals surface area contributed by atoms with Gasteiger partial charge in [0.1, 0.15) is 5.58 Å². The van der Waals surface area contributed by atoms with Gasteiger partial charge in [-0.05, 0) is 104 Å². The highest BCUT2D eigenvalue weighted by atomic mass is 28.3. The molecule has 0 bridgehead atoms. The Morgan fingerprint density at radius 2 is 0.848 bits per heavy atom. The van der Waals surface area contributed by atoms with Crippen LogP contribution < -0.4 is 5.19 Å². The zero-order valence-electron chi connectivity index (χ0n) is 38.5. The molecule has 0 N–H and O–H groups in total. The van der Waals surface area contributed by atoms with Crippen molar-refractivity contribution in [3.05, 3.63) is 194 Å². The number of benzene rings is 8. The van der Waals surface area contributed by atoms with Crippen molar-refractivity contribution in [3.8, 4) is 78.9 Å². The number of para-hydroxylation sites is 1. The van der Waals surface area contributed by atoms with Crippen molar-refractivity contribution >= 4 is 35.0 Å². The molecule has 0 aliphatic heterocycles. The van der Waals surface area contributed by atoms with E-state index in [1.54, 1.807) is 5.19 Å². The maximum Gasteiger partial charge on any atom is 0.199 e. The smallest absolute Gasteiger partial charge is 0.199 e. The average Bonchev–Trinajstić information content (AvgIpc) is 3.81. The van der Waals surface area contributed by atoms with Crippen molar-refractivity contribution in [1.82, 2.24) is 15.0 Å². The molecule has 0 saturated carbocycles. The van der Waals surface area contributed by atoms with Crippen molar-refractivity contribution in [3.63, 3.8) is 0 Å². The third-order valence-corrected chi connectivity index (χ3v) is 19.2. The van der Waals surface area contributed by atoms with E-state index in [1.165, 1.54) is 45.9 Å². The van der Waals surface area contributed by atoms with Gasteiger partial charge < -0.3 is 4.42 Å². The fourth-order valence-corrected chi connectivity index (χ4v) is 15.8. The van der Waals surface area contributed by atoms with Gasteiger partial charge in [0.2, 0.25) is 0 Å². The van der Waals surface area contributed by atoms with Crippen molar-refractivity contribution < 1.29 is 4.42 Å². The minimum Gasteiger partial charge on any atom is -0.453 e. The predicted octanol–water partition coefficient (Wildman–Crippen LogP) is 16.4. The molecule has 0 amide bonds. The van der Waals surface area contributed by atoms with Gasteiger partial charge in [0, 0.05) is 16.5 Å². The second kappa shape index (κ2) is 18.3. The first-order valence-electron chi connectivity index (χ1n) is 23.5. The summed E-state index contributed by atoms with van der Waals surface area (Å²) in [5.41, 5.74) is 12.2. The number of fused-ring (bicyclic) bond motifs is 2. The monoisotopic (exact) mass is 873 g/mol. The molecule has 0 atom stereocenters. The zero-order valence-corrected chi connectivity index (χ0v) is 39.5. The lowest BCUT2D eigenvalue weighted by molar-refractivity contribution is 0.625. The van der Waals surface area contributed by atoms with E-state index in [9.17, 15) is 0 Å². The fraction of sp³-hybridized carbons (Fsp3) is 0.164. The molecule has 5 heteroatoms. The van der Waals surface area contributed by atoms with E-state index in [-0.39, 0.29) is 0 Å². The lowest BCUT2D eigenvalue weighted by Gasteiger charge is -2.35. The summed E-state index contributed by atoms with van der Waals surface area (Å²) in [5.74, 6) is 3.67. The standard InChI is InChI=1S/C61H55N3OSi/c1-6-66(39-41(2)3,40-42(4)5)54-29-15-27-51(37-54)49-25-13-23-47(35-49)45-21-11-20-44(33-45)46-22-12-24-48(34-46)50-26-14-28-53(36-50)59-62-60(56-31-16-19-43-17-7-9-30-55(43)56)64-61(63-59)58-38-52-18-8-10-32-57(52)65-58/h7-38,41-42H,6,39-40H2,1-5H3. The number of nitrogens with zero attached hydrogens (tertiary/aromatic N) is 3. The first-order chi connectivity index (χ1) is 32.2. The number of aromatic nitrogens is 3. The van der Waals surface area contributed by atoms with Crippen LogP contribution in [0.4, 0.5) is 0 Å². The first-order valence-corrected chi connectivity index (χ1v) is 26.1. The molecule has 0 spiro atoms. The first kappa shape index (κ1) is 42.7. The Hall–Kier alpha value is -7.21. The number of furan rings is 1. The summed E-state index contributed by atoms with van der Waals surface area (Å²) < 4.78 is 6.32. The van der Waals surface area contributed by atoms with Crippen LogP contribution in [0.15, 0.2) is 199 Å². The molecule has 10 rings (SSSR count). The fourth-order valence-electron chi connectivity index (χ4n) is 10.1. The Morgan fingerprint density at radius 3 is 1.41 bits per heavy atom. The summed E-state index contributed by atoms with van der Waals surface area (Å²) in [6.45, 7) is 12.0. The van der Waals surface area contributed by atoms with Crippen LogP contribution in [0.1, 0.15) is 34.6 Å². The topological polar surface area (TPSA) is 51.8 Å². The SMILES string of the molecule is CC[Si](CC(C)C)(CC(C)C)c1cccc(-c2cccc(-c3cccc(-c4cccc(-c5cccc(-c6nc(-c7cc8ccccc8o7)nc(-c7cccc8ccccc78)n6)c5)c4)c3)c2)c1. The van der Waals surface area contributed by atoms with Crippen molar-refractivity contribution in [2.45, 2.75) is 52.8 Å². The molecular weight excluding hydrogens is 819 g/mol. The van der Waals surface area contributed by atoms with Crippen molar-refractivity contribution in [2.75, 3.05) is 0 Å². The summed E-state index contributed by atoms with van der Waals surface area (Å²) in [6, 6.07) is 73.5. The highest BCUT2D eigenvalue weighted by Gasteiger charge is 2.34. The molecule has 4 nitrogen and oxygen atoms in total. The van der Waals surface area contributed by atoms with Crippen LogP contribution in [0.2, 0.25) is 18.1 Å². The Labute approximate surface area is 390 Å².